The van der Waals surface area contributed by atoms with Gasteiger partial charge in [0.05, 0.1) is 17.3 Å². The first-order chi connectivity index (χ1) is 9.25. The smallest absolute Gasteiger partial charge is 0.0989 e. The molecule has 0 saturated carbocycles. The summed E-state index contributed by atoms with van der Waals surface area (Å²) in [7, 11) is 0. The van der Waals surface area contributed by atoms with Gasteiger partial charge in [0.25, 0.3) is 0 Å². The van der Waals surface area contributed by atoms with Crippen LogP contribution in [0, 0.1) is 6.92 Å². The fourth-order valence-electron chi connectivity index (χ4n) is 2.43. The van der Waals surface area contributed by atoms with Gasteiger partial charge in [-0.2, -0.15) is 0 Å². The van der Waals surface area contributed by atoms with Crippen LogP contribution in [0.15, 0.2) is 28.7 Å². The van der Waals surface area contributed by atoms with Gasteiger partial charge in [0.1, 0.15) is 0 Å². The first-order valence-corrected chi connectivity index (χ1v) is 8.16. The molecule has 0 spiro atoms. The first kappa shape index (κ1) is 13.3. The monoisotopic (exact) mass is 337 g/mol. The number of hydrogen-bond acceptors (Lipinski definition) is 3. The summed E-state index contributed by atoms with van der Waals surface area (Å²) in [6.07, 6.45) is 2.34. The van der Waals surface area contributed by atoms with Gasteiger partial charge < -0.3 is 4.74 Å². The number of aryl methyl sites for hydroxylation is 1. The minimum absolute atomic E-state index is 0.480. The van der Waals surface area contributed by atoms with Crippen molar-refractivity contribution in [2.75, 3.05) is 13.2 Å². The molecule has 0 aliphatic carbocycles. The number of aromatic nitrogens is 1. The van der Waals surface area contributed by atoms with Crippen molar-refractivity contribution in [3.05, 3.63) is 38.6 Å². The maximum absolute atomic E-state index is 5.57. The molecule has 3 rings (SSSR count). The van der Waals surface area contributed by atoms with Gasteiger partial charge in [0.2, 0.25) is 0 Å². The molecule has 100 valence electrons. The third-order valence-electron chi connectivity index (χ3n) is 3.45. The molecule has 1 fully saturated rings. The summed E-state index contributed by atoms with van der Waals surface area (Å²) in [6, 6.07) is 8.28. The van der Waals surface area contributed by atoms with Crippen molar-refractivity contribution < 1.29 is 4.74 Å². The molecule has 2 nitrogen and oxygen atoms in total. The number of rotatable bonds is 2. The lowest BCUT2D eigenvalue weighted by molar-refractivity contribution is 0.0804. The molecule has 4 heteroatoms. The van der Waals surface area contributed by atoms with Crippen LogP contribution in [0.25, 0.3) is 11.3 Å². The second kappa shape index (κ2) is 5.73. The molecule has 1 atom stereocenters. The Morgan fingerprint density at radius 3 is 2.95 bits per heavy atom. The number of thiazole rings is 1. The Kier molecular flexibility index (Phi) is 4.01. The third-order valence-corrected chi connectivity index (χ3v) is 5.28. The summed E-state index contributed by atoms with van der Waals surface area (Å²) < 4.78 is 6.68. The minimum atomic E-state index is 0.480. The van der Waals surface area contributed by atoms with Gasteiger partial charge in [-0.25, -0.2) is 4.98 Å². The average Bonchev–Trinajstić information content (AvgIpc) is 2.82. The summed E-state index contributed by atoms with van der Waals surface area (Å²) in [6.45, 7) is 3.87. The van der Waals surface area contributed by atoms with Gasteiger partial charge in [-0.3, -0.25) is 0 Å². The molecule has 1 unspecified atom stereocenters. The highest BCUT2D eigenvalue weighted by atomic mass is 79.9. The second-order valence-corrected chi connectivity index (χ2v) is 6.94. The van der Waals surface area contributed by atoms with Crippen molar-refractivity contribution in [2.45, 2.75) is 25.7 Å². The highest BCUT2D eigenvalue weighted by Crippen LogP contribution is 2.36. The van der Waals surface area contributed by atoms with E-state index in [4.69, 9.17) is 9.72 Å². The lowest BCUT2D eigenvalue weighted by Crippen LogP contribution is -2.15. The zero-order valence-electron chi connectivity index (χ0n) is 10.9. The molecule has 0 bridgehead atoms. The van der Waals surface area contributed by atoms with E-state index in [1.54, 1.807) is 0 Å². The van der Waals surface area contributed by atoms with E-state index < -0.39 is 0 Å². The maximum Gasteiger partial charge on any atom is 0.0989 e. The Hall–Kier alpha value is -0.710. The van der Waals surface area contributed by atoms with Crippen LogP contribution in [0.2, 0.25) is 0 Å². The predicted octanol–water partition coefficient (Wildman–Crippen LogP) is 4.78. The lowest BCUT2D eigenvalue weighted by atomic mass is 10.0. The molecule has 1 saturated heterocycles. The van der Waals surface area contributed by atoms with Gasteiger partial charge in [-0.1, -0.05) is 34.1 Å². The molecule has 1 aromatic carbocycles. The lowest BCUT2D eigenvalue weighted by Gasteiger charge is -2.19. The number of nitrogens with zero attached hydrogens (tertiary/aromatic N) is 1. The Bertz CT molecular complexity index is 575. The van der Waals surface area contributed by atoms with Gasteiger partial charge in [-0.05, 0) is 25.8 Å². The topological polar surface area (TPSA) is 22.1 Å². The molecule has 1 aliphatic rings. The van der Waals surface area contributed by atoms with E-state index in [2.05, 4.69) is 41.1 Å². The van der Waals surface area contributed by atoms with Crippen molar-refractivity contribution in [1.29, 1.82) is 0 Å². The SMILES string of the molecule is Cc1sc(C2CCCOC2)nc1-c1ccccc1Br. The maximum atomic E-state index is 5.57. The number of halogens is 1. The predicted molar refractivity (Wildman–Crippen MR) is 82.8 cm³/mol. The molecule has 2 heterocycles. The fourth-order valence-corrected chi connectivity index (χ4v) is 3.96. The molecule has 1 aromatic heterocycles. The van der Waals surface area contributed by atoms with Crippen molar-refractivity contribution >= 4 is 27.3 Å². The Labute approximate surface area is 126 Å². The highest BCUT2D eigenvalue weighted by Gasteiger charge is 2.21. The standard InChI is InChI=1S/C15H16BrNOS/c1-10-14(12-6-2-3-7-13(12)16)17-15(19-10)11-5-4-8-18-9-11/h2-3,6-7,11H,4-5,8-9H2,1H3. The largest absolute Gasteiger partial charge is 0.381 e. The Balaban J connectivity index is 1.95. The van der Waals surface area contributed by atoms with E-state index in [9.17, 15) is 0 Å². The quantitative estimate of drug-likeness (QED) is 0.786. The van der Waals surface area contributed by atoms with E-state index in [-0.39, 0.29) is 0 Å². The van der Waals surface area contributed by atoms with E-state index in [0.29, 0.717) is 5.92 Å². The van der Waals surface area contributed by atoms with Crippen LogP contribution in [-0.2, 0) is 4.74 Å². The van der Waals surface area contributed by atoms with Crippen molar-refractivity contribution in [3.8, 4) is 11.3 Å². The van der Waals surface area contributed by atoms with Crippen molar-refractivity contribution in [3.63, 3.8) is 0 Å². The van der Waals surface area contributed by atoms with Gasteiger partial charge in [0, 0.05) is 27.4 Å². The van der Waals surface area contributed by atoms with Crippen LogP contribution in [0.1, 0.15) is 28.6 Å². The van der Waals surface area contributed by atoms with Crippen LogP contribution < -0.4 is 0 Å². The van der Waals surface area contributed by atoms with E-state index in [0.717, 1.165) is 29.8 Å². The van der Waals surface area contributed by atoms with Crippen LogP contribution >= 0.6 is 27.3 Å². The first-order valence-electron chi connectivity index (χ1n) is 6.55. The normalized spacial score (nSPS) is 19.6. The van der Waals surface area contributed by atoms with Crippen LogP contribution in [0.4, 0.5) is 0 Å². The molecule has 0 radical (unpaired) electrons. The minimum Gasteiger partial charge on any atom is -0.381 e. The summed E-state index contributed by atoms with van der Waals surface area (Å²) in [5.74, 6) is 0.480. The average molecular weight is 338 g/mol. The molecular weight excluding hydrogens is 322 g/mol. The number of ether oxygens (including phenoxy) is 1. The molecule has 1 aliphatic heterocycles. The molecule has 0 N–H and O–H groups in total. The van der Waals surface area contributed by atoms with Crippen LogP contribution in [0.5, 0.6) is 0 Å². The zero-order valence-corrected chi connectivity index (χ0v) is 13.3. The Morgan fingerprint density at radius 1 is 1.37 bits per heavy atom. The third kappa shape index (κ3) is 2.76. The fraction of sp³-hybridized carbons (Fsp3) is 0.400. The van der Waals surface area contributed by atoms with Gasteiger partial charge in [-0.15, -0.1) is 11.3 Å². The van der Waals surface area contributed by atoms with E-state index >= 15 is 0 Å². The number of benzene rings is 1. The molecule has 2 aromatic rings. The summed E-state index contributed by atoms with van der Waals surface area (Å²) in [5.41, 5.74) is 2.29. The van der Waals surface area contributed by atoms with Crippen LogP contribution in [0.3, 0.4) is 0 Å². The zero-order chi connectivity index (χ0) is 13.2. The summed E-state index contributed by atoms with van der Waals surface area (Å²) in [4.78, 5) is 6.16. The summed E-state index contributed by atoms with van der Waals surface area (Å²) in [5, 5.41) is 1.22. The van der Waals surface area contributed by atoms with Crippen molar-refractivity contribution in [1.82, 2.24) is 4.98 Å². The van der Waals surface area contributed by atoms with Crippen molar-refractivity contribution in [2.24, 2.45) is 0 Å². The highest BCUT2D eigenvalue weighted by molar-refractivity contribution is 9.10. The summed E-state index contributed by atoms with van der Waals surface area (Å²) >= 11 is 5.42. The number of hydrogen-bond donors (Lipinski definition) is 0. The second-order valence-electron chi connectivity index (χ2n) is 4.85. The molecular formula is C15H16BrNOS. The van der Waals surface area contributed by atoms with E-state index in [1.165, 1.54) is 21.9 Å². The van der Waals surface area contributed by atoms with E-state index in [1.807, 2.05) is 17.4 Å². The molecule has 0 amide bonds. The molecule has 19 heavy (non-hydrogen) atoms. The Morgan fingerprint density at radius 2 is 2.21 bits per heavy atom. The van der Waals surface area contributed by atoms with Gasteiger partial charge in [0.15, 0.2) is 0 Å². The van der Waals surface area contributed by atoms with Crippen LogP contribution in [-0.4, -0.2) is 18.2 Å². The van der Waals surface area contributed by atoms with Gasteiger partial charge >= 0.3 is 0 Å².